The third-order valence-electron chi connectivity index (χ3n) is 4.24. The molecule has 7 heteroatoms. The summed E-state index contributed by atoms with van der Waals surface area (Å²) in [4.78, 5) is 29.3. The second-order valence-electron chi connectivity index (χ2n) is 5.90. The molecule has 114 valence electrons. The number of hydrogen-bond donors (Lipinski definition) is 2. The monoisotopic (exact) mass is 292 g/mol. The van der Waals surface area contributed by atoms with Crippen molar-refractivity contribution in [3.8, 4) is 0 Å². The number of hydrogen-bond acceptors (Lipinski definition) is 4. The molecule has 0 bridgehead atoms. The molecule has 1 aliphatic carbocycles. The molecule has 0 aromatic carbocycles. The topological polar surface area (TPSA) is 99.2 Å². The molecular weight excluding hydrogens is 272 g/mol. The van der Waals surface area contributed by atoms with Crippen molar-refractivity contribution in [1.82, 2.24) is 20.1 Å². The number of aromatic nitrogens is 3. The van der Waals surface area contributed by atoms with Crippen LogP contribution in [0, 0.1) is 0 Å². The van der Waals surface area contributed by atoms with Gasteiger partial charge in [-0.3, -0.25) is 14.7 Å². The van der Waals surface area contributed by atoms with E-state index in [9.17, 15) is 9.59 Å². The number of aliphatic carboxylic acids is 1. The molecule has 1 amide bonds. The summed E-state index contributed by atoms with van der Waals surface area (Å²) in [6.07, 6.45) is 5.65. The second kappa shape index (κ2) is 5.83. The zero-order valence-electron chi connectivity index (χ0n) is 11.9. The second-order valence-corrected chi connectivity index (χ2v) is 5.90. The van der Waals surface area contributed by atoms with Crippen LogP contribution in [-0.2, 0) is 4.79 Å². The minimum absolute atomic E-state index is 0.00905. The lowest BCUT2D eigenvalue weighted by Crippen LogP contribution is -2.44. The van der Waals surface area contributed by atoms with Gasteiger partial charge in [-0.05, 0) is 38.5 Å². The van der Waals surface area contributed by atoms with E-state index in [1.807, 2.05) is 0 Å². The molecule has 0 radical (unpaired) electrons. The summed E-state index contributed by atoms with van der Waals surface area (Å²) in [5.74, 6) is 0.468. The molecule has 1 aromatic rings. The van der Waals surface area contributed by atoms with Gasteiger partial charge in [0.1, 0.15) is 5.82 Å². The predicted molar refractivity (Wildman–Crippen MR) is 73.9 cm³/mol. The number of carboxylic acid groups (broad SMARTS) is 1. The summed E-state index contributed by atoms with van der Waals surface area (Å²) in [5.41, 5.74) is 0. The fourth-order valence-electron chi connectivity index (χ4n) is 2.90. The number of carboxylic acids is 1. The van der Waals surface area contributed by atoms with E-state index in [2.05, 4.69) is 15.2 Å². The Kier molecular flexibility index (Phi) is 3.90. The molecule has 2 aliphatic rings. The molecule has 2 heterocycles. The third kappa shape index (κ3) is 3.22. The van der Waals surface area contributed by atoms with E-state index in [0.717, 1.165) is 37.9 Å². The van der Waals surface area contributed by atoms with Gasteiger partial charge in [0.2, 0.25) is 5.82 Å². The lowest BCUT2D eigenvalue weighted by Gasteiger charge is -2.34. The maximum atomic E-state index is 12.5. The summed E-state index contributed by atoms with van der Waals surface area (Å²) in [6.45, 7) is 0.663. The number of likely N-dealkylation sites (tertiary alicyclic amines) is 1. The van der Waals surface area contributed by atoms with E-state index in [0.29, 0.717) is 18.9 Å². The smallest absolute Gasteiger partial charge is 0.303 e. The van der Waals surface area contributed by atoms with Gasteiger partial charge in [0, 0.05) is 24.9 Å². The maximum absolute atomic E-state index is 12.5. The predicted octanol–water partition coefficient (Wildman–Crippen LogP) is 1.54. The van der Waals surface area contributed by atoms with Crippen LogP contribution < -0.4 is 0 Å². The molecule has 2 N–H and O–H groups in total. The molecule has 1 saturated heterocycles. The molecule has 3 rings (SSSR count). The molecule has 1 atom stereocenters. The highest BCUT2D eigenvalue weighted by Gasteiger charge is 2.32. The Labute approximate surface area is 122 Å². The minimum atomic E-state index is -0.818. The molecule has 2 fully saturated rings. The summed E-state index contributed by atoms with van der Waals surface area (Å²) in [5, 5.41) is 15.7. The normalized spacial score (nSPS) is 22.3. The Balaban J connectivity index is 1.68. The highest BCUT2D eigenvalue weighted by atomic mass is 16.4. The largest absolute Gasteiger partial charge is 0.481 e. The van der Waals surface area contributed by atoms with Crippen LogP contribution in [0.3, 0.4) is 0 Å². The average Bonchev–Trinajstić information content (AvgIpc) is 3.22. The fourth-order valence-corrected chi connectivity index (χ4v) is 2.90. The standard InChI is InChI=1S/C14H20N4O3/c19-11(20)7-6-10-3-1-2-8-18(10)14(21)13-15-12(16-17-13)9-4-5-9/h9-10H,1-8H2,(H,19,20)(H,15,16,17). The van der Waals surface area contributed by atoms with Crippen LogP contribution >= 0.6 is 0 Å². The number of nitrogens with zero attached hydrogens (tertiary/aromatic N) is 3. The molecule has 1 aromatic heterocycles. The molecule has 1 saturated carbocycles. The summed E-state index contributed by atoms with van der Waals surface area (Å²) in [6, 6.07) is -0.00905. The van der Waals surface area contributed by atoms with Crippen LogP contribution in [-0.4, -0.2) is 49.7 Å². The zero-order chi connectivity index (χ0) is 14.8. The number of carbonyl (C=O) groups is 2. The lowest BCUT2D eigenvalue weighted by atomic mass is 9.98. The fraction of sp³-hybridized carbons (Fsp3) is 0.714. The quantitative estimate of drug-likeness (QED) is 0.857. The molecule has 0 spiro atoms. The van der Waals surface area contributed by atoms with Crippen LogP contribution in [0.5, 0.6) is 0 Å². The van der Waals surface area contributed by atoms with E-state index in [1.165, 1.54) is 0 Å². The van der Waals surface area contributed by atoms with Gasteiger partial charge in [0.15, 0.2) is 0 Å². The van der Waals surface area contributed by atoms with E-state index in [-0.39, 0.29) is 24.2 Å². The van der Waals surface area contributed by atoms with Crippen molar-refractivity contribution in [2.75, 3.05) is 6.54 Å². The molecule has 21 heavy (non-hydrogen) atoms. The Morgan fingerprint density at radius 3 is 2.81 bits per heavy atom. The highest BCUT2D eigenvalue weighted by molar-refractivity contribution is 5.90. The van der Waals surface area contributed by atoms with Crippen LogP contribution in [0.1, 0.15) is 67.3 Å². The van der Waals surface area contributed by atoms with E-state index >= 15 is 0 Å². The molecule has 1 aliphatic heterocycles. The van der Waals surface area contributed by atoms with Crippen LogP contribution in [0.4, 0.5) is 0 Å². The Hall–Kier alpha value is -1.92. The SMILES string of the molecule is O=C(O)CCC1CCCCN1C(=O)c1n[nH]c(C2CC2)n1. The molecule has 1 unspecified atom stereocenters. The van der Waals surface area contributed by atoms with Gasteiger partial charge in [-0.2, -0.15) is 0 Å². The van der Waals surface area contributed by atoms with Crippen molar-refractivity contribution in [2.24, 2.45) is 0 Å². The number of carbonyl (C=O) groups excluding carboxylic acids is 1. The van der Waals surface area contributed by atoms with Gasteiger partial charge in [-0.25, -0.2) is 4.98 Å². The Morgan fingerprint density at radius 2 is 2.10 bits per heavy atom. The summed E-state index contributed by atoms with van der Waals surface area (Å²) >= 11 is 0. The van der Waals surface area contributed by atoms with Crippen LogP contribution in [0.25, 0.3) is 0 Å². The Bertz CT molecular complexity index is 538. The first-order chi connectivity index (χ1) is 10.1. The van der Waals surface area contributed by atoms with E-state index in [4.69, 9.17) is 5.11 Å². The number of nitrogens with one attached hydrogen (secondary N) is 1. The zero-order valence-corrected chi connectivity index (χ0v) is 11.9. The van der Waals surface area contributed by atoms with Gasteiger partial charge in [-0.15, -0.1) is 5.10 Å². The van der Waals surface area contributed by atoms with Crippen molar-refractivity contribution < 1.29 is 14.7 Å². The summed E-state index contributed by atoms with van der Waals surface area (Å²) < 4.78 is 0. The lowest BCUT2D eigenvalue weighted by molar-refractivity contribution is -0.137. The van der Waals surface area contributed by atoms with Gasteiger partial charge in [-0.1, -0.05) is 0 Å². The van der Waals surface area contributed by atoms with Gasteiger partial charge in [0.25, 0.3) is 5.91 Å². The number of amides is 1. The first-order valence-corrected chi connectivity index (χ1v) is 7.60. The number of H-pyrrole nitrogens is 1. The minimum Gasteiger partial charge on any atom is -0.481 e. The van der Waals surface area contributed by atoms with Crippen LogP contribution in [0.2, 0.25) is 0 Å². The van der Waals surface area contributed by atoms with E-state index in [1.54, 1.807) is 4.90 Å². The van der Waals surface area contributed by atoms with Crippen molar-refractivity contribution in [1.29, 1.82) is 0 Å². The van der Waals surface area contributed by atoms with Crippen LogP contribution in [0.15, 0.2) is 0 Å². The van der Waals surface area contributed by atoms with E-state index < -0.39 is 5.97 Å². The molecule has 7 nitrogen and oxygen atoms in total. The maximum Gasteiger partial charge on any atom is 0.303 e. The van der Waals surface area contributed by atoms with Crippen molar-refractivity contribution >= 4 is 11.9 Å². The van der Waals surface area contributed by atoms with Gasteiger partial charge in [0.05, 0.1) is 0 Å². The molecular formula is C14H20N4O3. The number of aromatic amines is 1. The average molecular weight is 292 g/mol. The van der Waals surface area contributed by atoms with Crippen molar-refractivity contribution in [3.05, 3.63) is 11.6 Å². The summed E-state index contributed by atoms with van der Waals surface area (Å²) in [7, 11) is 0. The number of piperidine rings is 1. The Morgan fingerprint density at radius 1 is 1.29 bits per heavy atom. The third-order valence-corrected chi connectivity index (χ3v) is 4.24. The number of rotatable bonds is 5. The van der Waals surface area contributed by atoms with Gasteiger partial charge >= 0.3 is 5.97 Å². The van der Waals surface area contributed by atoms with Crippen molar-refractivity contribution in [3.63, 3.8) is 0 Å². The first-order valence-electron chi connectivity index (χ1n) is 7.60. The van der Waals surface area contributed by atoms with Gasteiger partial charge < -0.3 is 10.0 Å². The van der Waals surface area contributed by atoms with Crippen molar-refractivity contribution in [2.45, 2.75) is 56.9 Å². The highest BCUT2D eigenvalue weighted by Crippen LogP contribution is 2.37. The first kappa shape index (κ1) is 14.0.